The number of rotatable bonds is 14. The van der Waals surface area contributed by atoms with E-state index in [1.165, 1.54) is 11.4 Å². The topological polar surface area (TPSA) is 144 Å². The van der Waals surface area contributed by atoms with Gasteiger partial charge >= 0.3 is 12.1 Å². The molecule has 0 bridgehead atoms. The highest BCUT2D eigenvalue weighted by molar-refractivity contribution is 7.89. The molecule has 2 N–H and O–H groups in total. The summed E-state index contributed by atoms with van der Waals surface area (Å²) in [5.74, 6) is -0.0323. The first-order valence-electron chi connectivity index (χ1n) is 15.4. The van der Waals surface area contributed by atoms with Gasteiger partial charge in [0, 0.05) is 19.7 Å². The highest BCUT2D eigenvalue weighted by Crippen LogP contribution is 2.23. The van der Waals surface area contributed by atoms with E-state index >= 15 is 0 Å². The van der Waals surface area contributed by atoms with Crippen molar-refractivity contribution in [2.45, 2.75) is 71.0 Å². The van der Waals surface area contributed by atoms with Crippen molar-refractivity contribution in [3.05, 3.63) is 89.5 Å². The van der Waals surface area contributed by atoms with E-state index in [4.69, 9.17) is 9.47 Å². The van der Waals surface area contributed by atoms with Gasteiger partial charge < -0.3 is 19.8 Å². The molecular formula is C34H43N5O6S. The van der Waals surface area contributed by atoms with Crippen LogP contribution in [0.4, 0.5) is 4.79 Å². The summed E-state index contributed by atoms with van der Waals surface area (Å²) in [4.78, 5) is 37.9. The molecule has 0 spiro atoms. The van der Waals surface area contributed by atoms with Gasteiger partial charge in [-0.2, -0.15) is 4.31 Å². The second-order valence-electron chi connectivity index (χ2n) is 12.2. The lowest BCUT2D eigenvalue weighted by molar-refractivity contribution is -0.148. The van der Waals surface area contributed by atoms with Crippen LogP contribution in [0, 0.1) is 18.8 Å². The summed E-state index contributed by atoms with van der Waals surface area (Å²) in [6.07, 6.45) is 1.93. The summed E-state index contributed by atoms with van der Waals surface area (Å²) in [6, 6.07) is 16.2. The number of fused-ring (bicyclic) bond motifs is 1. The van der Waals surface area contributed by atoms with Crippen LogP contribution in [0.15, 0.2) is 71.8 Å². The molecule has 11 nitrogen and oxygen atoms in total. The van der Waals surface area contributed by atoms with Crippen LogP contribution < -0.4 is 5.32 Å². The van der Waals surface area contributed by atoms with E-state index in [2.05, 4.69) is 20.3 Å². The summed E-state index contributed by atoms with van der Waals surface area (Å²) < 4.78 is 39.6. The first-order valence-corrected chi connectivity index (χ1v) is 16.8. The number of esters is 1. The van der Waals surface area contributed by atoms with Gasteiger partial charge in [-0.3, -0.25) is 4.98 Å². The number of H-pyrrole nitrogens is 1. The number of likely N-dealkylation sites (N-methyl/N-ethyl adjacent to an activating group) is 1. The number of hydrogen-bond donors (Lipinski definition) is 2. The molecule has 0 aliphatic rings. The Labute approximate surface area is 270 Å². The number of imidazole rings is 1. The molecular weight excluding hydrogens is 606 g/mol. The molecule has 0 unspecified atom stereocenters. The Balaban J connectivity index is 1.40. The van der Waals surface area contributed by atoms with Crippen LogP contribution in [-0.4, -0.2) is 65.5 Å². The number of nitrogens with one attached hydrogen (secondary N) is 2. The van der Waals surface area contributed by atoms with Crippen molar-refractivity contribution in [3.8, 4) is 0 Å². The third-order valence-corrected chi connectivity index (χ3v) is 9.57. The lowest BCUT2D eigenvalue weighted by Crippen LogP contribution is -2.47. The Hall–Kier alpha value is -4.29. The molecule has 2 atom stereocenters. The average molecular weight is 650 g/mol. The number of pyridine rings is 1. The molecule has 0 fully saturated rings. The highest BCUT2D eigenvalue weighted by atomic mass is 32.2. The molecule has 2 heterocycles. The molecule has 0 saturated carbocycles. The van der Waals surface area contributed by atoms with Gasteiger partial charge in [-0.1, -0.05) is 70.2 Å². The number of amides is 1. The number of aryl methyl sites for hydroxylation is 1. The van der Waals surface area contributed by atoms with Gasteiger partial charge in [0.15, 0.2) is 0 Å². The zero-order valence-corrected chi connectivity index (χ0v) is 28.0. The smallest absolute Gasteiger partial charge is 0.408 e. The zero-order valence-electron chi connectivity index (χ0n) is 27.2. The number of benzene rings is 2. The van der Waals surface area contributed by atoms with E-state index in [0.717, 1.165) is 33.7 Å². The molecule has 2 aromatic carbocycles. The summed E-state index contributed by atoms with van der Waals surface area (Å²) >= 11 is 0. The summed E-state index contributed by atoms with van der Waals surface area (Å²) in [5.41, 5.74) is 4.20. The minimum atomic E-state index is -3.92. The number of carbonyl (C=O) groups excluding carboxylic acids is 2. The lowest BCUT2D eigenvalue weighted by atomic mass is 10.0. The molecule has 0 radical (unpaired) electrons. The third-order valence-electron chi connectivity index (χ3n) is 7.65. The molecule has 0 aliphatic carbocycles. The largest absolute Gasteiger partial charge is 0.462 e. The summed E-state index contributed by atoms with van der Waals surface area (Å²) in [6.45, 7) is 9.28. The number of nitrogens with zero attached hydrogens (tertiary/aromatic N) is 3. The average Bonchev–Trinajstić information content (AvgIpc) is 3.42. The lowest BCUT2D eigenvalue weighted by Gasteiger charge is -2.29. The normalized spacial score (nSPS) is 13.2. The van der Waals surface area contributed by atoms with Crippen LogP contribution in [-0.2, 0) is 37.3 Å². The molecule has 0 aliphatic heterocycles. The molecule has 0 saturated heterocycles. The first-order chi connectivity index (χ1) is 21.8. The Morgan fingerprint density at radius 3 is 2.30 bits per heavy atom. The van der Waals surface area contributed by atoms with Crippen LogP contribution in [0.5, 0.6) is 0 Å². The molecule has 12 heteroatoms. The zero-order chi connectivity index (χ0) is 33.4. The van der Waals surface area contributed by atoms with Crippen LogP contribution >= 0.6 is 0 Å². The third kappa shape index (κ3) is 8.91. The number of carbonyl (C=O) groups is 2. The first kappa shape index (κ1) is 34.6. The second-order valence-corrected chi connectivity index (χ2v) is 14.2. The maximum absolute atomic E-state index is 13.7. The van der Waals surface area contributed by atoms with Crippen molar-refractivity contribution in [2.24, 2.45) is 11.8 Å². The Morgan fingerprint density at radius 2 is 1.65 bits per heavy atom. The van der Waals surface area contributed by atoms with Gasteiger partial charge in [0.2, 0.25) is 10.0 Å². The highest BCUT2D eigenvalue weighted by Gasteiger charge is 2.32. The fraction of sp³-hybridized carbons (Fsp3) is 0.412. The van der Waals surface area contributed by atoms with E-state index < -0.39 is 34.2 Å². The number of ether oxygens (including phenoxy) is 2. The molecule has 4 rings (SSSR count). The van der Waals surface area contributed by atoms with Crippen molar-refractivity contribution in [3.63, 3.8) is 0 Å². The SMILES string of the molecule is Cc1nc2c(Cc3ccc(S(=O)(=O)N(C)[C@H](COC(=O)[C@@H](NC(=O)OCc4ccccc4)C(C)C)CC(C)C)cc3)nccc2[nH]1. The fourth-order valence-corrected chi connectivity index (χ4v) is 6.45. The number of hydrogen-bond acceptors (Lipinski definition) is 8. The predicted molar refractivity (Wildman–Crippen MR) is 175 cm³/mol. The Kier molecular flexibility index (Phi) is 11.5. The molecule has 246 valence electrons. The predicted octanol–water partition coefficient (Wildman–Crippen LogP) is 5.39. The number of alkyl carbamates (subject to hydrolysis) is 1. The second kappa shape index (κ2) is 15.3. The van der Waals surface area contributed by atoms with Gasteiger partial charge in [-0.05, 0) is 54.5 Å². The van der Waals surface area contributed by atoms with E-state index in [1.54, 1.807) is 44.3 Å². The number of aromatic nitrogens is 3. The standard InChI is InChI=1S/C34H43N5O6S/c1-22(2)18-27(21-44-33(40)31(23(3)4)38-34(41)45-20-26-10-8-7-9-11-26)39(6)46(42,43)28-14-12-25(13-15-28)19-30-32-29(16-17-35-30)36-24(5)37-32/h7-17,22-23,27,31H,18-21H2,1-6H3,(H,36,37)(H,38,41)/t27-,31-/m0/s1. The van der Waals surface area contributed by atoms with E-state index in [9.17, 15) is 18.0 Å². The maximum atomic E-state index is 13.7. The quantitative estimate of drug-likeness (QED) is 0.173. The Morgan fingerprint density at radius 1 is 0.957 bits per heavy atom. The van der Waals surface area contributed by atoms with E-state index in [1.807, 2.05) is 57.2 Å². The van der Waals surface area contributed by atoms with Crippen LogP contribution in [0.1, 0.15) is 56.8 Å². The molecule has 4 aromatic rings. The number of aromatic amines is 1. The van der Waals surface area contributed by atoms with Gasteiger partial charge in [0.05, 0.1) is 22.1 Å². The maximum Gasteiger partial charge on any atom is 0.408 e. The van der Waals surface area contributed by atoms with Crippen molar-refractivity contribution < 1.29 is 27.5 Å². The van der Waals surface area contributed by atoms with Crippen LogP contribution in [0.25, 0.3) is 11.0 Å². The van der Waals surface area contributed by atoms with Crippen molar-refractivity contribution >= 4 is 33.1 Å². The van der Waals surface area contributed by atoms with Gasteiger partial charge in [0.25, 0.3) is 0 Å². The number of sulfonamides is 1. The Bertz CT molecular complexity index is 1720. The molecule has 2 aromatic heterocycles. The minimum absolute atomic E-state index is 0.0590. The molecule has 46 heavy (non-hydrogen) atoms. The van der Waals surface area contributed by atoms with Gasteiger partial charge in [-0.25, -0.2) is 23.0 Å². The van der Waals surface area contributed by atoms with Gasteiger partial charge in [0.1, 0.15) is 30.6 Å². The summed E-state index contributed by atoms with van der Waals surface area (Å²) in [5, 5.41) is 2.59. The van der Waals surface area contributed by atoms with Crippen LogP contribution in [0.3, 0.4) is 0 Å². The molecule has 1 amide bonds. The summed E-state index contributed by atoms with van der Waals surface area (Å²) in [7, 11) is -2.43. The van der Waals surface area contributed by atoms with Crippen molar-refractivity contribution in [2.75, 3.05) is 13.7 Å². The monoisotopic (exact) mass is 649 g/mol. The van der Waals surface area contributed by atoms with Gasteiger partial charge in [-0.15, -0.1) is 0 Å². The van der Waals surface area contributed by atoms with Crippen molar-refractivity contribution in [1.82, 2.24) is 24.6 Å². The fourth-order valence-electron chi connectivity index (χ4n) is 5.10. The minimum Gasteiger partial charge on any atom is -0.462 e. The van der Waals surface area contributed by atoms with Crippen LogP contribution in [0.2, 0.25) is 0 Å². The van der Waals surface area contributed by atoms with E-state index in [0.29, 0.717) is 12.8 Å². The van der Waals surface area contributed by atoms with E-state index in [-0.39, 0.29) is 29.9 Å². The van der Waals surface area contributed by atoms with Crippen molar-refractivity contribution in [1.29, 1.82) is 0 Å².